The number of nitrogens with one attached hydrogen (secondary N) is 2. The number of halogens is 1. The highest BCUT2D eigenvalue weighted by atomic mass is 35.7. The fraction of sp³-hybridized carbons (Fsp3) is 0.636. The third-order valence-electron chi connectivity index (χ3n) is 3.42. The van der Waals surface area contributed by atoms with Gasteiger partial charge in [-0.3, -0.25) is 9.89 Å². The minimum Gasteiger partial charge on any atom is -0.347 e. The number of carbonyl (C=O) groups is 1. The fourth-order valence-corrected chi connectivity index (χ4v) is 3.32. The number of aromatic amines is 1. The summed E-state index contributed by atoms with van der Waals surface area (Å²) in [6.07, 6.45) is 1.27. The first kappa shape index (κ1) is 14.3. The van der Waals surface area contributed by atoms with Gasteiger partial charge in [-0.25, -0.2) is 8.42 Å². The molecule has 1 aliphatic carbocycles. The van der Waals surface area contributed by atoms with E-state index in [0.717, 1.165) is 6.42 Å². The molecule has 1 aromatic heterocycles. The van der Waals surface area contributed by atoms with E-state index in [1.165, 1.54) is 0 Å². The predicted molar refractivity (Wildman–Crippen MR) is 70.7 cm³/mol. The van der Waals surface area contributed by atoms with Gasteiger partial charge in [0.05, 0.1) is 5.69 Å². The van der Waals surface area contributed by atoms with Crippen LogP contribution in [0, 0.1) is 5.41 Å². The van der Waals surface area contributed by atoms with E-state index in [0.29, 0.717) is 12.1 Å². The van der Waals surface area contributed by atoms with Crippen LogP contribution < -0.4 is 5.32 Å². The highest BCUT2D eigenvalue weighted by molar-refractivity contribution is 8.13. The lowest BCUT2D eigenvalue weighted by molar-refractivity contribution is 0.0938. The molecule has 0 aliphatic heterocycles. The van der Waals surface area contributed by atoms with Gasteiger partial charge in [-0.15, -0.1) is 0 Å². The fourth-order valence-electron chi connectivity index (χ4n) is 1.96. The molecule has 1 aliphatic rings. The molecule has 19 heavy (non-hydrogen) atoms. The Morgan fingerprint density at radius 1 is 1.58 bits per heavy atom. The number of aromatic nitrogens is 2. The van der Waals surface area contributed by atoms with Crippen molar-refractivity contribution >= 4 is 25.6 Å². The summed E-state index contributed by atoms with van der Waals surface area (Å²) in [4.78, 5) is 11.8. The Hall–Kier alpha value is -1.08. The minimum atomic E-state index is -4.00. The van der Waals surface area contributed by atoms with Crippen LogP contribution in [0.25, 0.3) is 0 Å². The Labute approximate surface area is 116 Å². The van der Waals surface area contributed by atoms with Crippen LogP contribution in [0.1, 0.15) is 43.4 Å². The molecule has 0 aromatic carbocycles. The molecular formula is C11H16ClN3O3S. The Kier molecular flexibility index (Phi) is 3.38. The van der Waals surface area contributed by atoms with Crippen LogP contribution in [0.5, 0.6) is 0 Å². The predicted octanol–water partition coefficient (Wildman–Crippen LogP) is 1.43. The first-order valence-corrected chi connectivity index (χ1v) is 8.30. The number of hydrogen-bond donors (Lipinski definition) is 2. The highest BCUT2D eigenvalue weighted by Crippen LogP contribution is 2.44. The largest absolute Gasteiger partial charge is 0.347 e. The number of amides is 1. The molecule has 0 bridgehead atoms. The van der Waals surface area contributed by atoms with E-state index in [4.69, 9.17) is 10.7 Å². The number of nitrogens with zero attached hydrogens (tertiary/aromatic N) is 1. The second-order valence-electron chi connectivity index (χ2n) is 5.39. The van der Waals surface area contributed by atoms with E-state index in [1.807, 2.05) is 13.8 Å². The van der Waals surface area contributed by atoms with Gasteiger partial charge in [0.2, 0.25) is 0 Å². The van der Waals surface area contributed by atoms with Crippen molar-refractivity contribution in [1.82, 2.24) is 15.5 Å². The van der Waals surface area contributed by atoms with Crippen molar-refractivity contribution in [3.05, 3.63) is 11.4 Å². The van der Waals surface area contributed by atoms with Crippen LogP contribution in [0.3, 0.4) is 0 Å². The second-order valence-corrected chi connectivity index (χ2v) is 7.89. The molecule has 1 unspecified atom stereocenters. The maximum absolute atomic E-state index is 12.1. The number of carbonyl (C=O) groups excluding carboxylic acids is 1. The van der Waals surface area contributed by atoms with Crippen molar-refractivity contribution in [2.24, 2.45) is 5.41 Å². The molecule has 1 fully saturated rings. The number of aryl methyl sites for hydroxylation is 1. The van der Waals surface area contributed by atoms with Crippen LogP contribution in [0.2, 0.25) is 0 Å². The van der Waals surface area contributed by atoms with Gasteiger partial charge in [0.1, 0.15) is 4.90 Å². The highest BCUT2D eigenvalue weighted by Gasteiger charge is 2.47. The van der Waals surface area contributed by atoms with E-state index in [1.54, 1.807) is 6.92 Å². The molecule has 8 heteroatoms. The lowest BCUT2D eigenvalue weighted by atomic mass is 10.2. The van der Waals surface area contributed by atoms with Crippen molar-refractivity contribution in [1.29, 1.82) is 0 Å². The number of rotatable bonds is 4. The summed E-state index contributed by atoms with van der Waals surface area (Å²) in [5.41, 5.74) is 0.240. The molecular weight excluding hydrogens is 290 g/mol. The summed E-state index contributed by atoms with van der Waals surface area (Å²) in [5.74, 6) is -0.509. The Bertz CT molecular complexity index is 621. The van der Waals surface area contributed by atoms with E-state index in [9.17, 15) is 13.2 Å². The molecule has 0 saturated heterocycles. The van der Waals surface area contributed by atoms with Gasteiger partial charge in [0, 0.05) is 16.7 Å². The molecule has 1 heterocycles. The average Bonchev–Trinajstić information content (AvgIpc) is 2.75. The van der Waals surface area contributed by atoms with E-state index >= 15 is 0 Å². The van der Waals surface area contributed by atoms with Crippen molar-refractivity contribution in [3.63, 3.8) is 0 Å². The van der Waals surface area contributed by atoms with Gasteiger partial charge in [0.25, 0.3) is 15.0 Å². The van der Waals surface area contributed by atoms with E-state index < -0.39 is 15.0 Å². The first-order valence-electron chi connectivity index (χ1n) is 5.99. The summed E-state index contributed by atoms with van der Waals surface area (Å²) in [6, 6.07) is 0.0488. The molecule has 106 valence electrons. The van der Waals surface area contributed by atoms with Crippen LogP contribution in [-0.2, 0) is 15.5 Å². The van der Waals surface area contributed by atoms with Crippen LogP contribution >= 0.6 is 10.7 Å². The summed E-state index contributed by atoms with van der Waals surface area (Å²) in [7, 11) is 1.37. The van der Waals surface area contributed by atoms with Gasteiger partial charge in [0.15, 0.2) is 5.69 Å². The molecule has 1 aromatic rings. The van der Waals surface area contributed by atoms with Crippen molar-refractivity contribution in [3.8, 4) is 0 Å². The van der Waals surface area contributed by atoms with Crippen LogP contribution in [0.15, 0.2) is 4.90 Å². The molecule has 0 radical (unpaired) electrons. The quantitative estimate of drug-likeness (QED) is 0.823. The maximum Gasteiger partial charge on any atom is 0.273 e. The van der Waals surface area contributed by atoms with Crippen LogP contribution in [0.4, 0.5) is 0 Å². The second kappa shape index (κ2) is 4.49. The smallest absolute Gasteiger partial charge is 0.273 e. The van der Waals surface area contributed by atoms with Gasteiger partial charge in [-0.05, 0) is 18.3 Å². The summed E-state index contributed by atoms with van der Waals surface area (Å²) in [6.45, 7) is 5.81. The average molecular weight is 306 g/mol. The van der Waals surface area contributed by atoms with Gasteiger partial charge < -0.3 is 5.32 Å². The standard InChI is InChI=1S/C11H16ClN3O3S/c1-4-6-9(19(12,17)18)8(15-14-6)10(16)13-7-5-11(7,2)3/h7H,4-5H2,1-3H3,(H,13,16)(H,14,15). The van der Waals surface area contributed by atoms with Gasteiger partial charge >= 0.3 is 0 Å². The molecule has 0 spiro atoms. The molecule has 2 N–H and O–H groups in total. The number of hydrogen-bond acceptors (Lipinski definition) is 4. The summed E-state index contributed by atoms with van der Waals surface area (Å²) < 4.78 is 23.1. The minimum absolute atomic E-state index is 0.0488. The van der Waals surface area contributed by atoms with E-state index in [2.05, 4.69) is 15.5 Å². The Morgan fingerprint density at radius 3 is 2.58 bits per heavy atom. The third kappa shape index (κ3) is 2.76. The Morgan fingerprint density at radius 2 is 2.16 bits per heavy atom. The lowest BCUT2D eigenvalue weighted by Gasteiger charge is -2.06. The zero-order chi connectivity index (χ0) is 14.4. The molecule has 6 nitrogen and oxygen atoms in total. The maximum atomic E-state index is 12.1. The Balaban J connectivity index is 2.30. The zero-order valence-corrected chi connectivity index (χ0v) is 12.5. The monoisotopic (exact) mass is 305 g/mol. The molecule has 1 amide bonds. The van der Waals surface area contributed by atoms with Gasteiger partial charge in [-0.2, -0.15) is 5.10 Å². The van der Waals surface area contributed by atoms with Crippen LogP contribution in [-0.4, -0.2) is 30.6 Å². The third-order valence-corrected chi connectivity index (χ3v) is 4.81. The number of H-pyrrole nitrogens is 1. The van der Waals surface area contributed by atoms with Crippen molar-refractivity contribution in [2.75, 3.05) is 0 Å². The molecule has 1 saturated carbocycles. The SMILES string of the molecule is CCc1[nH]nc(C(=O)NC2CC2(C)C)c1S(=O)(=O)Cl. The summed E-state index contributed by atoms with van der Waals surface area (Å²) in [5, 5.41) is 9.10. The van der Waals surface area contributed by atoms with E-state index in [-0.39, 0.29) is 22.0 Å². The van der Waals surface area contributed by atoms with Crippen molar-refractivity contribution < 1.29 is 13.2 Å². The zero-order valence-electron chi connectivity index (χ0n) is 10.9. The van der Waals surface area contributed by atoms with Gasteiger partial charge in [-0.1, -0.05) is 20.8 Å². The topological polar surface area (TPSA) is 91.9 Å². The molecule has 2 rings (SSSR count). The summed E-state index contributed by atoms with van der Waals surface area (Å²) >= 11 is 0. The van der Waals surface area contributed by atoms with Crippen molar-refractivity contribution in [2.45, 2.75) is 44.6 Å². The lowest BCUT2D eigenvalue weighted by Crippen LogP contribution is -2.29. The molecule has 1 atom stereocenters. The normalized spacial score (nSPS) is 21.2. The first-order chi connectivity index (χ1) is 8.66.